The number of aromatic nitrogens is 2. The molecule has 0 saturated carbocycles. The fourth-order valence-electron chi connectivity index (χ4n) is 5.40. The summed E-state index contributed by atoms with van der Waals surface area (Å²) >= 11 is 0. The number of carbonyl (C=O) groups excluding carboxylic acids is 4. The minimum Gasteiger partial charge on any atom is -0.339 e. The van der Waals surface area contributed by atoms with E-state index in [0.717, 1.165) is 15.9 Å². The number of pyridine rings is 2. The molecule has 2 saturated heterocycles. The molecule has 11 nitrogen and oxygen atoms in total. The van der Waals surface area contributed by atoms with Gasteiger partial charge in [-0.3, -0.25) is 24.2 Å². The molecule has 2 aliphatic heterocycles. The third-order valence-electron chi connectivity index (χ3n) is 7.24. The normalized spacial score (nSPS) is 20.1. The van der Waals surface area contributed by atoms with E-state index in [1.54, 1.807) is 18.2 Å². The molecule has 40 heavy (non-hydrogen) atoms. The first-order chi connectivity index (χ1) is 19.1. The molecule has 2 fully saturated rings. The monoisotopic (exact) mass is 563 g/mol. The van der Waals surface area contributed by atoms with Crippen LogP contribution in [0.2, 0.25) is 0 Å². The zero-order valence-corrected chi connectivity index (χ0v) is 22.9. The van der Waals surface area contributed by atoms with Gasteiger partial charge in [-0.05, 0) is 43.0 Å². The molecular formula is C28H29N5O6S. The zero-order chi connectivity index (χ0) is 28.6. The second-order valence-corrected chi connectivity index (χ2v) is 12.2. The van der Waals surface area contributed by atoms with Gasteiger partial charge in [-0.25, -0.2) is 13.4 Å². The van der Waals surface area contributed by atoms with E-state index < -0.39 is 57.4 Å². The SMILES string of the molecule is CC(C)CC(NC(=O)c1ccc2ccccc2n1)C(=O)N1CCC2C1C(=O)CN2S(=O)(=O)C(=O)c1cccnc1. The summed E-state index contributed by atoms with van der Waals surface area (Å²) in [6.45, 7) is 3.43. The molecule has 4 heterocycles. The summed E-state index contributed by atoms with van der Waals surface area (Å²) in [6, 6.07) is 10.7. The van der Waals surface area contributed by atoms with Crippen LogP contribution in [-0.2, 0) is 19.6 Å². The quantitative estimate of drug-likeness (QED) is 0.458. The molecule has 2 amide bonds. The van der Waals surface area contributed by atoms with Crippen LogP contribution in [0.3, 0.4) is 0 Å². The molecule has 1 N–H and O–H groups in total. The predicted octanol–water partition coefficient (Wildman–Crippen LogP) is 1.80. The van der Waals surface area contributed by atoms with Crippen LogP contribution < -0.4 is 5.32 Å². The number of nitrogens with zero attached hydrogens (tertiary/aromatic N) is 4. The number of para-hydroxylation sites is 1. The van der Waals surface area contributed by atoms with E-state index in [1.165, 1.54) is 23.2 Å². The van der Waals surface area contributed by atoms with Gasteiger partial charge in [0.15, 0.2) is 5.78 Å². The number of Topliss-reactive ketones (excluding diaryl/α,β-unsaturated/α-hetero) is 1. The lowest BCUT2D eigenvalue weighted by Gasteiger charge is -2.29. The van der Waals surface area contributed by atoms with Crippen LogP contribution in [0, 0.1) is 5.92 Å². The molecule has 3 unspecified atom stereocenters. The average molecular weight is 564 g/mol. The van der Waals surface area contributed by atoms with Gasteiger partial charge in [0.2, 0.25) is 5.91 Å². The molecule has 2 aromatic heterocycles. The third-order valence-corrected chi connectivity index (χ3v) is 8.96. The molecule has 1 aromatic carbocycles. The number of likely N-dealkylation sites (tertiary alicyclic amines) is 1. The molecule has 2 aliphatic rings. The Morgan fingerprint density at radius 2 is 1.85 bits per heavy atom. The Hall–Kier alpha value is -4.03. The Labute approximate surface area is 231 Å². The number of fused-ring (bicyclic) bond motifs is 2. The maximum absolute atomic E-state index is 13.8. The Morgan fingerprint density at radius 3 is 2.58 bits per heavy atom. The van der Waals surface area contributed by atoms with Gasteiger partial charge >= 0.3 is 0 Å². The van der Waals surface area contributed by atoms with Crippen LogP contribution in [-0.4, -0.2) is 81.5 Å². The molecule has 0 radical (unpaired) electrons. The van der Waals surface area contributed by atoms with E-state index in [-0.39, 0.29) is 30.1 Å². The van der Waals surface area contributed by atoms with Crippen molar-refractivity contribution in [2.75, 3.05) is 13.1 Å². The summed E-state index contributed by atoms with van der Waals surface area (Å²) in [6.07, 6.45) is 3.07. The van der Waals surface area contributed by atoms with Crippen molar-refractivity contribution in [2.45, 2.75) is 44.8 Å². The lowest BCUT2D eigenvalue weighted by Crippen LogP contribution is -2.53. The number of benzene rings is 1. The summed E-state index contributed by atoms with van der Waals surface area (Å²) < 4.78 is 27.3. The number of hydrogen-bond donors (Lipinski definition) is 1. The van der Waals surface area contributed by atoms with Crippen LogP contribution in [0.4, 0.5) is 0 Å². The van der Waals surface area contributed by atoms with Gasteiger partial charge in [-0.15, -0.1) is 0 Å². The number of rotatable bonds is 7. The van der Waals surface area contributed by atoms with Crippen molar-refractivity contribution in [3.05, 3.63) is 72.2 Å². The smallest absolute Gasteiger partial charge is 0.293 e. The highest BCUT2D eigenvalue weighted by atomic mass is 32.2. The maximum Gasteiger partial charge on any atom is 0.293 e. The lowest BCUT2D eigenvalue weighted by molar-refractivity contribution is -0.138. The second kappa shape index (κ2) is 10.9. The molecule has 5 rings (SSSR count). The van der Waals surface area contributed by atoms with Crippen molar-refractivity contribution >= 4 is 43.6 Å². The fourth-order valence-corrected chi connectivity index (χ4v) is 6.90. The van der Waals surface area contributed by atoms with Crippen molar-refractivity contribution in [1.82, 2.24) is 24.5 Å². The third kappa shape index (κ3) is 5.11. The first kappa shape index (κ1) is 27.5. The highest BCUT2D eigenvalue weighted by molar-refractivity contribution is 8.04. The molecular weight excluding hydrogens is 534 g/mol. The van der Waals surface area contributed by atoms with Gasteiger partial charge in [0.05, 0.1) is 23.7 Å². The summed E-state index contributed by atoms with van der Waals surface area (Å²) in [5.74, 6) is -1.43. The van der Waals surface area contributed by atoms with Gasteiger partial charge in [-0.2, -0.15) is 4.31 Å². The number of ketones is 1. The Balaban J connectivity index is 1.35. The highest BCUT2D eigenvalue weighted by Gasteiger charge is 2.55. The maximum atomic E-state index is 13.8. The van der Waals surface area contributed by atoms with Crippen molar-refractivity contribution in [2.24, 2.45) is 5.92 Å². The van der Waals surface area contributed by atoms with Crippen molar-refractivity contribution in [3.8, 4) is 0 Å². The van der Waals surface area contributed by atoms with E-state index in [1.807, 2.05) is 32.0 Å². The fraction of sp³-hybridized carbons (Fsp3) is 0.357. The lowest BCUT2D eigenvalue weighted by atomic mass is 10.0. The van der Waals surface area contributed by atoms with Crippen LogP contribution in [0.5, 0.6) is 0 Å². The summed E-state index contributed by atoms with van der Waals surface area (Å²) in [4.78, 5) is 62.3. The Kier molecular flexibility index (Phi) is 7.47. The number of nitrogens with one attached hydrogen (secondary N) is 1. The van der Waals surface area contributed by atoms with E-state index >= 15 is 0 Å². The van der Waals surface area contributed by atoms with Crippen molar-refractivity contribution < 1.29 is 27.6 Å². The molecule has 3 atom stereocenters. The van der Waals surface area contributed by atoms with E-state index in [2.05, 4.69) is 15.3 Å². The van der Waals surface area contributed by atoms with Gasteiger partial charge in [0.1, 0.15) is 17.8 Å². The average Bonchev–Trinajstić information content (AvgIpc) is 3.53. The number of amides is 2. The van der Waals surface area contributed by atoms with Crippen molar-refractivity contribution in [1.29, 1.82) is 0 Å². The first-order valence-corrected chi connectivity index (χ1v) is 14.5. The molecule has 3 aromatic rings. The molecule has 12 heteroatoms. The summed E-state index contributed by atoms with van der Waals surface area (Å²) in [5, 5.41) is 2.51. The number of carbonyl (C=O) groups is 4. The zero-order valence-electron chi connectivity index (χ0n) is 22.1. The van der Waals surface area contributed by atoms with Crippen LogP contribution in [0.1, 0.15) is 47.5 Å². The van der Waals surface area contributed by atoms with E-state index in [9.17, 15) is 27.6 Å². The minimum absolute atomic E-state index is 0.0328. The van der Waals surface area contributed by atoms with Crippen LogP contribution in [0.15, 0.2) is 60.9 Å². The van der Waals surface area contributed by atoms with E-state index in [4.69, 9.17) is 0 Å². The standard InChI is InChI=1S/C28H29N5O6S/c1-17(2)14-22(31-26(35)21-10-9-18-6-3-4-8-20(18)30-21)27(36)32-13-11-23-25(32)24(34)16-33(23)40(38,39)28(37)19-7-5-12-29-15-19/h3-10,12,15,17,22-23,25H,11,13-14,16H2,1-2H3,(H,31,35). The van der Waals surface area contributed by atoms with Crippen LogP contribution >= 0.6 is 0 Å². The number of sulfonamides is 1. The predicted molar refractivity (Wildman–Crippen MR) is 146 cm³/mol. The molecule has 0 aliphatic carbocycles. The van der Waals surface area contributed by atoms with E-state index in [0.29, 0.717) is 11.9 Å². The molecule has 208 valence electrons. The molecule has 0 spiro atoms. The summed E-state index contributed by atoms with van der Waals surface area (Å²) in [7, 11) is -4.52. The summed E-state index contributed by atoms with van der Waals surface area (Å²) in [5.41, 5.74) is 0.692. The molecule has 0 bridgehead atoms. The highest BCUT2D eigenvalue weighted by Crippen LogP contribution is 2.33. The van der Waals surface area contributed by atoms with Gasteiger partial charge in [0.25, 0.3) is 21.0 Å². The van der Waals surface area contributed by atoms with Gasteiger partial charge in [-0.1, -0.05) is 38.1 Å². The second-order valence-electron chi connectivity index (χ2n) is 10.4. The largest absolute Gasteiger partial charge is 0.339 e. The Bertz CT molecular complexity index is 1590. The van der Waals surface area contributed by atoms with Crippen molar-refractivity contribution in [3.63, 3.8) is 0 Å². The van der Waals surface area contributed by atoms with Gasteiger partial charge in [0, 0.05) is 24.3 Å². The Morgan fingerprint density at radius 1 is 1.07 bits per heavy atom. The number of hydrogen-bond acceptors (Lipinski definition) is 8. The van der Waals surface area contributed by atoms with Gasteiger partial charge < -0.3 is 10.2 Å². The topological polar surface area (TPSA) is 147 Å². The minimum atomic E-state index is -4.52. The first-order valence-electron chi connectivity index (χ1n) is 13.0. The van der Waals surface area contributed by atoms with Crippen LogP contribution in [0.25, 0.3) is 10.9 Å².